The van der Waals surface area contributed by atoms with Crippen molar-refractivity contribution >= 4 is 11.4 Å². The third-order valence-corrected chi connectivity index (χ3v) is 5.50. The molecule has 0 bridgehead atoms. The van der Waals surface area contributed by atoms with E-state index in [9.17, 15) is 10.1 Å². The smallest absolute Gasteiger partial charge is 0.270 e. The minimum atomic E-state index is -0.386. The quantitative estimate of drug-likeness (QED) is 0.377. The van der Waals surface area contributed by atoms with Gasteiger partial charge in [0.1, 0.15) is 12.4 Å². The summed E-state index contributed by atoms with van der Waals surface area (Å²) >= 11 is 0. The van der Waals surface area contributed by atoms with Gasteiger partial charge in [-0.3, -0.25) is 24.7 Å². The minimum Gasteiger partial charge on any atom is -0.303 e. The molecule has 0 atom stereocenters. The molecule has 0 N–H and O–H groups in total. The van der Waals surface area contributed by atoms with Crippen LogP contribution >= 0.6 is 0 Å². The maximum absolute atomic E-state index is 11.5. The molecule has 0 saturated heterocycles. The Morgan fingerprint density at radius 3 is 2.59 bits per heavy atom. The zero-order valence-corrected chi connectivity index (χ0v) is 18.4. The molecule has 1 aliphatic rings. The summed E-state index contributed by atoms with van der Waals surface area (Å²) in [6, 6.07) is 10.4. The Morgan fingerprint density at radius 2 is 1.91 bits per heavy atom. The minimum absolute atomic E-state index is 0.0162. The van der Waals surface area contributed by atoms with Crippen LogP contribution in [0.2, 0.25) is 0 Å². The highest BCUT2D eigenvalue weighted by atomic mass is 16.6. The molecule has 4 rings (SSSR count). The van der Waals surface area contributed by atoms with Crippen LogP contribution in [0.25, 0.3) is 5.69 Å². The van der Waals surface area contributed by atoms with E-state index in [0.717, 1.165) is 56.2 Å². The Hall–Kier alpha value is -3.46. The molecule has 2 aromatic heterocycles. The van der Waals surface area contributed by atoms with E-state index in [1.807, 2.05) is 22.8 Å². The maximum Gasteiger partial charge on any atom is 0.270 e. The molecule has 0 saturated carbocycles. The number of benzene rings is 1. The first kappa shape index (κ1) is 21.8. The molecule has 0 spiro atoms. The van der Waals surface area contributed by atoms with Crippen LogP contribution in [0.15, 0.2) is 47.6 Å². The van der Waals surface area contributed by atoms with Gasteiger partial charge in [0.25, 0.3) is 5.69 Å². The number of fused-ring (bicyclic) bond motifs is 3. The molecule has 166 valence electrons. The number of nitrogens with zero attached hydrogens (tertiary/aromatic N) is 7. The molecule has 1 aromatic carbocycles. The number of non-ortho nitro benzene ring substituents is 1. The van der Waals surface area contributed by atoms with Gasteiger partial charge in [-0.05, 0) is 44.1 Å². The third kappa shape index (κ3) is 4.43. The molecule has 3 aromatic rings. The highest BCUT2D eigenvalue weighted by Gasteiger charge is 2.25. The standard InChI is InChI=1S/C23H27N7O2/c1-3-12-28(13-4-2)14-10-21-26-27-22-16-25-23(19-7-5-6-11-24-19)18-15-17(30(31)32)8-9-20(18)29(21)22/h5-9,11,15H,3-4,10,12-14,16H2,1-2H3. The second kappa shape index (κ2) is 9.78. The SMILES string of the molecule is CCCN(CCC)CCc1nnc2n1-c1ccc([N+](=O)[O-])cc1C(c1ccccn1)=NC2. The van der Waals surface area contributed by atoms with Crippen molar-refractivity contribution in [3.63, 3.8) is 0 Å². The second-order valence-electron chi connectivity index (χ2n) is 7.80. The summed E-state index contributed by atoms with van der Waals surface area (Å²) in [6.45, 7) is 7.68. The number of aliphatic imine (C=N–C) groups is 1. The first-order chi connectivity index (χ1) is 15.6. The highest BCUT2D eigenvalue weighted by Crippen LogP contribution is 2.28. The van der Waals surface area contributed by atoms with E-state index in [-0.39, 0.29) is 10.6 Å². The van der Waals surface area contributed by atoms with E-state index in [1.165, 1.54) is 6.07 Å². The number of aromatic nitrogens is 4. The molecule has 1 aliphatic heterocycles. The summed E-state index contributed by atoms with van der Waals surface area (Å²) < 4.78 is 2.01. The van der Waals surface area contributed by atoms with Crippen molar-refractivity contribution in [1.29, 1.82) is 0 Å². The van der Waals surface area contributed by atoms with Crippen molar-refractivity contribution in [3.05, 3.63) is 75.6 Å². The summed E-state index contributed by atoms with van der Waals surface area (Å²) in [4.78, 5) is 22.7. The lowest BCUT2D eigenvalue weighted by atomic mass is 10.0. The van der Waals surface area contributed by atoms with Gasteiger partial charge >= 0.3 is 0 Å². The van der Waals surface area contributed by atoms with Crippen molar-refractivity contribution in [2.75, 3.05) is 19.6 Å². The fourth-order valence-electron chi connectivity index (χ4n) is 4.10. The van der Waals surface area contributed by atoms with Gasteiger partial charge in [0.05, 0.1) is 22.0 Å². The van der Waals surface area contributed by atoms with Crippen LogP contribution in [0, 0.1) is 10.1 Å². The topological polar surface area (TPSA) is 102 Å². The van der Waals surface area contributed by atoms with Gasteiger partial charge in [0.2, 0.25) is 0 Å². The molecule has 0 radical (unpaired) electrons. The van der Waals surface area contributed by atoms with Gasteiger partial charge in [-0.15, -0.1) is 10.2 Å². The number of hydrogen-bond acceptors (Lipinski definition) is 7. The van der Waals surface area contributed by atoms with E-state index < -0.39 is 0 Å². The van der Waals surface area contributed by atoms with E-state index in [4.69, 9.17) is 4.99 Å². The van der Waals surface area contributed by atoms with Crippen LogP contribution in [0.1, 0.15) is 49.6 Å². The molecule has 32 heavy (non-hydrogen) atoms. The fourth-order valence-corrected chi connectivity index (χ4v) is 4.10. The number of nitro groups is 1. The van der Waals surface area contributed by atoms with Crippen molar-refractivity contribution in [2.45, 2.75) is 39.7 Å². The molecule has 0 unspecified atom stereocenters. The zero-order valence-electron chi connectivity index (χ0n) is 18.4. The molecule has 9 heteroatoms. The number of rotatable bonds is 9. The van der Waals surface area contributed by atoms with Crippen LogP contribution < -0.4 is 0 Å². The van der Waals surface area contributed by atoms with Crippen molar-refractivity contribution in [2.24, 2.45) is 4.99 Å². The lowest BCUT2D eigenvalue weighted by molar-refractivity contribution is -0.384. The summed E-state index contributed by atoms with van der Waals surface area (Å²) in [5.74, 6) is 1.56. The average molecular weight is 434 g/mol. The van der Waals surface area contributed by atoms with Crippen molar-refractivity contribution < 1.29 is 4.92 Å². The Balaban J connectivity index is 1.76. The number of pyridine rings is 1. The lowest BCUT2D eigenvalue weighted by Crippen LogP contribution is -2.28. The van der Waals surface area contributed by atoms with E-state index >= 15 is 0 Å². The van der Waals surface area contributed by atoms with Crippen LogP contribution in [0.5, 0.6) is 0 Å². The highest BCUT2D eigenvalue weighted by molar-refractivity contribution is 6.14. The summed E-state index contributed by atoms with van der Waals surface area (Å²) in [6.07, 6.45) is 4.64. The maximum atomic E-state index is 11.5. The third-order valence-electron chi connectivity index (χ3n) is 5.50. The van der Waals surface area contributed by atoms with Gasteiger partial charge in [-0.25, -0.2) is 0 Å². The molecule has 0 amide bonds. The van der Waals surface area contributed by atoms with Crippen molar-refractivity contribution in [1.82, 2.24) is 24.6 Å². The molecule has 3 heterocycles. The first-order valence-electron chi connectivity index (χ1n) is 11.0. The average Bonchev–Trinajstić information content (AvgIpc) is 3.13. The molecular weight excluding hydrogens is 406 g/mol. The van der Waals surface area contributed by atoms with Gasteiger partial charge in [0, 0.05) is 36.9 Å². The Bertz CT molecular complexity index is 1120. The Labute approximate surface area is 187 Å². The van der Waals surface area contributed by atoms with E-state index in [1.54, 1.807) is 18.3 Å². The summed E-state index contributed by atoms with van der Waals surface area (Å²) in [5.41, 5.74) is 2.77. The van der Waals surface area contributed by atoms with Gasteiger partial charge < -0.3 is 4.90 Å². The van der Waals surface area contributed by atoms with Gasteiger partial charge in [0.15, 0.2) is 5.82 Å². The number of hydrogen-bond donors (Lipinski definition) is 0. The zero-order chi connectivity index (χ0) is 22.5. The van der Waals surface area contributed by atoms with Gasteiger partial charge in [-0.2, -0.15) is 0 Å². The fraction of sp³-hybridized carbons (Fsp3) is 0.391. The molecule has 9 nitrogen and oxygen atoms in total. The predicted octanol–water partition coefficient (Wildman–Crippen LogP) is 3.59. The molecule has 0 aliphatic carbocycles. The Kier molecular flexibility index (Phi) is 6.65. The van der Waals surface area contributed by atoms with Crippen molar-refractivity contribution in [3.8, 4) is 5.69 Å². The largest absolute Gasteiger partial charge is 0.303 e. The molecular formula is C23H27N7O2. The predicted molar refractivity (Wildman–Crippen MR) is 122 cm³/mol. The monoisotopic (exact) mass is 433 g/mol. The van der Waals surface area contributed by atoms with E-state index in [2.05, 4.69) is 33.9 Å². The van der Waals surface area contributed by atoms with Crippen LogP contribution in [0.3, 0.4) is 0 Å². The lowest BCUT2D eigenvalue weighted by Gasteiger charge is -2.21. The second-order valence-corrected chi connectivity index (χ2v) is 7.80. The summed E-state index contributed by atoms with van der Waals surface area (Å²) in [5, 5.41) is 20.3. The summed E-state index contributed by atoms with van der Waals surface area (Å²) in [7, 11) is 0. The Morgan fingerprint density at radius 1 is 1.09 bits per heavy atom. The number of nitro benzene ring substituents is 1. The van der Waals surface area contributed by atoms with Crippen LogP contribution in [0.4, 0.5) is 5.69 Å². The first-order valence-corrected chi connectivity index (χ1v) is 11.0. The van der Waals surface area contributed by atoms with E-state index in [0.29, 0.717) is 23.5 Å². The molecule has 0 fully saturated rings. The van der Waals surface area contributed by atoms with Gasteiger partial charge in [-0.1, -0.05) is 19.9 Å². The van der Waals surface area contributed by atoms with Crippen LogP contribution in [-0.4, -0.2) is 54.9 Å². The normalized spacial score (nSPS) is 12.8. The van der Waals surface area contributed by atoms with Crippen LogP contribution in [-0.2, 0) is 13.0 Å².